The monoisotopic (exact) mass is 662 g/mol. The van der Waals surface area contributed by atoms with Gasteiger partial charge in [0.1, 0.15) is 17.6 Å². The van der Waals surface area contributed by atoms with E-state index in [9.17, 15) is 19.2 Å². The molecule has 4 rings (SSSR count). The number of esters is 1. The van der Waals surface area contributed by atoms with Crippen molar-refractivity contribution in [2.75, 3.05) is 36.1 Å². The minimum Gasteiger partial charge on any atom is -0.462 e. The topological polar surface area (TPSA) is 93.2 Å². The van der Waals surface area contributed by atoms with Gasteiger partial charge >= 0.3 is 5.97 Å². The summed E-state index contributed by atoms with van der Waals surface area (Å²) in [4.78, 5) is 51.8. The Labute approximate surface area is 273 Å². The molecular formula is C33H37Cl3N2O6. The summed E-state index contributed by atoms with van der Waals surface area (Å²) in [5, 5.41) is 0.204. The molecule has 11 heteroatoms. The van der Waals surface area contributed by atoms with Crippen LogP contribution in [0.25, 0.3) is 6.08 Å². The number of amides is 3. The van der Waals surface area contributed by atoms with E-state index in [1.807, 2.05) is 18.2 Å². The highest BCUT2D eigenvalue weighted by Crippen LogP contribution is 2.37. The lowest BCUT2D eigenvalue weighted by molar-refractivity contribution is -0.137. The van der Waals surface area contributed by atoms with Crippen molar-refractivity contribution < 1.29 is 28.7 Å². The van der Waals surface area contributed by atoms with E-state index in [1.165, 1.54) is 11.0 Å². The highest BCUT2D eigenvalue weighted by atomic mass is 35.5. The molecule has 0 unspecified atom stereocenters. The summed E-state index contributed by atoms with van der Waals surface area (Å²) in [6.07, 6.45) is 6.20. The van der Waals surface area contributed by atoms with Crippen LogP contribution in [-0.4, -0.2) is 50.0 Å². The Morgan fingerprint density at radius 3 is 2.07 bits per heavy atom. The number of anilines is 2. The number of carbonyl (C=O) groups excluding carboxylic acids is 4. The number of methoxy groups -OCH3 is 1. The summed E-state index contributed by atoms with van der Waals surface area (Å²) in [6, 6.07) is 10.8. The number of imide groups is 1. The second-order valence-electron chi connectivity index (χ2n) is 10.0. The molecule has 8 nitrogen and oxygen atoms in total. The van der Waals surface area contributed by atoms with E-state index in [4.69, 9.17) is 44.3 Å². The lowest BCUT2D eigenvalue weighted by Crippen LogP contribution is -2.35. The minimum atomic E-state index is -0.666. The quantitative estimate of drug-likeness (QED) is 0.0877. The molecule has 44 heavy (non-hydrogen) atoms. The van der Waals surface area contributed by atoms with Gasteiger partial charge in [0.2, 0.25) is 5.91 Å². The summed E-state index contributed by atoms with van der Waals surface area (Å²) >= 11 is 17.8. The lowest BCUT2D eigenvalue weighted by atomic mass is 9.93. The Balaban J connectivity index is 0.000000259. The summed E-state index contributed by atoms with van der Waals surface area (Å²) in [5.74, 6) is -1.39. The predicted molar refractivity (Wildman–Crippen MR) is 175 cm³/mol. The molecule has 0 saturated heterocycles. The van der Waals surface area contributed by atoms with Crippen LogP contribution in [0.15, 0.2) is 52.6 Å². The number of benzene rings is 2. The van der Waals surface area contributed by atoms with E-state index in [0.29, 0.717) is 40.3 Å². The van der Waals surface area contributed by atoms with Gasteiger partial charge in [-0.1, -0.05) is 55.2 Å². The Morgan fingerprint density at radius 1 is 0.977 bits per heavy atom. The molecule has 2 aromatic rings. The second-order valence-corrected chi connectivity index (χ2v) is 11.1. The van der Waals surface area contributed by atoms with E-state index in [0.717, 1.165) is 42.5 Å². The van der Waals surface area contributed by atoms with Crippen LogP contribution < -0.4 is 9.80 Å². The molecule has 0 fully saturated rings. The lowest BCUT2D eigenvalue weighted by Gasteiger charge is -2.26. The Kier molecular flexibility index (Phi) is 13.5. The summed E-state index contributed by atoms with van der Waals surface area (Å²) < 4.78 is 9.96. The Morgan fingerprint density at radius 2 is 1.57 bits per heavy atom. The van der Waals surface area contributed by atoms with Crippen molar-refractivity contribution in [3.8, 4) is 0 Å². The van der Waals surface area contributed by atoms with Crippen LogP contribution in [0.3, 0.4) is 0 Å². The molecule has 236 valence electrons. The molecule has 0 aromatic heterocycles. The second kappa shape index (κ2) is 16.8. The van der Waals surface area contributed by atoms with Crippen molar-refractivity contribution >= 4 is 75.9 Å². The van der Waals surface area contributed by atoms with Gasteiger partial charge in [0.15, 0.2) is 0 Å². The van der Waals surface area contributed by atoms with Crippen LogP contribution in [0.1, 0.15) is 63.1 Å². The van der Waals surface area contributed by atoms with Gasteiger partial charge in [0.25, 0.3) is 11.8 Å². The van der Waals surface area contributed by atoms with Crippen molar-refractivity contribution in [3.05, 3.63) is 74.3 Å². The molecular weight excluding hydrogens is 627 g/mol. The van der Waals surface area contributed by atoms with Gasteiger partial charge in [-0.15, -0.1) is 11.6 Å². The number of halogens is 3. The predicted octanol–water partition coefficient (Wildman–Crippen LogP) is 7.21. The number of carbonyl (C=O) groups is 4. The first-order chi connectivity index (χ1) is 21.1. The molecule has 0 atom stereocenters. The van der Waals surface area contributed by atoms with Gasteiger partial charge in [-0.25, -0.2) is 9.69 Å². The molecule has 1 aliphatic heterocycles. The molecule has 0 radical (unpaired) electrons. The SMILES string of the molecule is CCOC(=O)/C(Cl)=C/c1cc(N2C(=O)C3=C(CCCC3)C2=O)ccc1Cl.CCc1cccc(CC)c1N(COC)C(=O)CCl. The van der Waals surface area contributed by atoms with Gasteiger partial charge in [0, 0.05) is 23.3 Å². The van der Waals surface area contributed by atoms with Crippen LogP contribution in [0.5, 0.6) is 0 Å². The maximum Gasteiger partial charge on any atom is 0.349 e. The van der Waals surface area contributed by atoms with E-state index in [-0.39, 0.29) is 42.0 Å². The maximum absolute atomic E-state index is 12.7. The molecule has 0 spiro atoms. The standard InChI is InChI=1S/C19H17Cl2NO4.C14H20ClNO2/c1-2-26-19(25)16(21)10-11-9-12(7-8-15(11)20)22-17(23)13-5-3-4-6-14(13)18(22)24;1-4-11-7-6-8-12(5-2)14(11)16(10-18-3)13(17)9-15/h7-10H,2-6H2,1H3;6-8H,4-5,9-10H2,1-3H3/b16-10-;. The molecule has 3 amide bonds. The van der Waals surface area contributed by atoms with Crippen LogP contribution in [0.2, 0.25) is 5.02 Å². The number of hydrogen-bond acceptors (Lipinski definition) is 6. The number of para-hydroxylation sites is 1. The zero-order chi connectivity index (χ0) is 32.4. The molecule has 2 aromatic carbocycles. The number of aryl methyl sites for hydroxylation is 2. The molecule has 1 aliphatic carbocycles. The third-order valence-electron chi connectivity index (χ3n) is 7.29. The average molecular weight is 664 g/mol. The van der Waals surface area contributed by atoms with E-state index >= 15 is 0 Å². The number of ether oxygens (including phenoxy) is 2. The first-order valence-corrected chi connectivity index (χ1v) is 15.8. The van der Waals surface area contributed by atoms with Crippen molar-refractivity contribution in [3.63, 3.8) is 0 Å². The highest BCUT2D eigenvalue weighted by molar-refractivity contribution is 6.43. The number of nitrogens with zero attached hydrogens (tertiary/aromatic N) is 2. The summed E-state index contributed by atoms with van der Waals surface area (Å²) in [7, 11) is 1.58. The first kappa shape index (κ1) is 35.3. The first-order valence-electron chi connectivity index (χ1n) is 14.5. The van der Waals surface area contributed by atoms with Gasteiger partial charge in [-0.05, 0) is 86.4 Å². The maximum atomic E-state index is 12.7. The fraction of sp³-hybridized carbons (Fsp3) is 0.394. The molecule has 0 N–H and O–H groups in total. The van der Waals surface area contributed by atoms with Gasteiger partial charge in [-0.2, -0.15) is 0 Å². The Hall–Kier alpha value is -3.17. The summed E-state index contributed by atoms with van der Waals surface area (Å²) in [6.45, 7) is 6.26. The van der Waals surface area contributed by atoms with E-state index < -0.39 is 5.97 Å². The van der Waals surface area contributed by atoms with Crippen LogP contribution >= 0.6 is 34.8 Å². The van der Waals surface area contributed by atoms with Gasteiger partial charge in [0.05, 0.1) is 18.0 Å². The zero-order valence-electron chi connectivity index (χ0n) is 25.4. The fourth-order valence-electron chi connectivity index (χ4n) is 5.17. The third-order valence-corrected chi connectivity index (χ3v) is 8.13. The average Bonchev–Trinajstić information content (AvgIpc) is 3.29. The zero-order valence-corrected chi connectivity index (χ0v) is 27.7. The summed E-state index contributed by atoms with van der Waals surface area (Å²) in [5.41, 5.74) is 5.28. The van der Waals surface area contributed by atoms with Crippen LogP contribution in [0.4, 0.5) is 11.4 Å². The Bertz CT molecular complexity index is 1420. The largest absolute Gasteiger partial charge is 0.462 e. The molecule has 0 bridgehead atoms. The highest BCUT2D eigenvalue weighted by Gasteiger charge is 2.39. The molecule has 0 saturated carbocycles. The fourth-order valence-corrected chi connectivity index (χ4v) is 5.66. The number of hydrogen-bond donors (Lipinski definition) is 0. The van der Waals surface area contributed by atoms with Crippen LogP contribution in [0, 0.1) is 0 Å². The van der Waals surface area contributed by atoms with Crippen molar-refractivity contribution in [2.24, 2.45) is 0 Å². The minimum absolute atomic E-state index is 0.0371. The third kappa shape index (κ3) is 8.10. The number of alkyl halides is 1. The van der Waals surface area contributed by atoms with Crippen molar-refractivity contribution in [1.82, 2.24) is 0 Å². The van der Waals surface area contributed by atoms with Gasteiger partial charge < -0.3 is 9.47 Å². The smallest absolute Gasteiger partial charge is 0.349 e. The van der Waals surface area contributed by atoms with Crippen LogP contribution in [-0.2, 0) is 41.5 Å². The normalized spacial score (nSPS) is 14.7. The van der Waals surface area contributed by atoms with Crippen molar-refractivity contribution in [2.45, 2.75) is 59.3 Å². The van der Waals surface area contributed by atoms with Gasteiger partial charge in [-0.3, -0.25) is 19.3 Å². The molecule has 1 heterocycles. The van der Waals surface area contributed by atoms with E-state index in [1.54, 1.807) is 37.1 Å². The number of rotatable bonds is 10. The van der Waals surface area contributed by atoms with Crippen molar-refractivity contribution in [1.29, 1.82) is 0 Å². The molecule has 2 aliphatic rings. The van der Waals surface area contributed by atoms with E-state index in [2.05, 4.69) is 13.8 Å².